The molecule has 1 saturated carbocycles. The quantitative estimate of drug-likeness (QED) is 0.347. The fraction of sp³-hybridized carbons (Fsp3) is 0.905. The van der Waals surface area contributed by atoms with Crippen molar-refractivity contribution in [1.82, 2.24) is 20.9 Å². The van der Waals surface area contributed by atoms with Gasteiger partial charge in [-0.3, -0.25) is 14.7 Å². The maximum atomic E-state index is 11.9. The van der Waals surface area contributed by atoms with Crippen LogP contribution < -0.4 is 16.0 Å². The molecule has 2 rings (SSSR count). The van der Waals surface area contributed by atoms with Crippen LogP contribution >= 0.6 is 0 Å². The van der Waals surface area contributed by atoms with Crippen LogP contribution in [-0.2, 0) is 9.53 Å². The number of carbonyl (C=O) groups excluding carboxylic acids is 1. The Balaban J connectivity index is 1.78. The number of hydrogen-bond donors (Lipinski definition) is 3. The van der Waals surface area contributed by atoms with E-state index in [2.05, 4.69) is 25.8 Å². The van der Waals surface area contributed by atoms with Crippen molar-refractivity contribution in [1.29, 1.82) is 0 Å². The molecule has 1 aliphatic heterocycles. The number of rotatable bonds is 7. The zero-order valence-corrected chi connectivity index (χ0v) is 18.4. The van der Waals surface area contributed by atoms with Crippen LogP contribution in [0, 0.1) is 10.8 Å². The van der Waals surface area contributed by atoms with Gasteiger partial charge in [0.1, 0.15) is 0 Å². The SMILES string of the molecule is CN=C(NCCNC(=O)C(C)(C)C)NCC1(CN2CCOCC2)CCCCC1. The molecule has 1 heterocycles. The molecular weight excluding hydrogens is 354 g/mol. The summed E-state index contributed by atoms with van der Waals surface area (Å²) in [7, 11) is 1.80. The van der Waals surface area contributed by atoms with Gasteiger partial charge in [-0.1, -0.05) is 40.0 Å². The number of hydrogen-bond acceptors (Lipinski definition) is 4. The average molecular weight is 396 g/mol. The van der Waals surface area contributed by atoms with Crippen LogP contribution in [-0.4, -0.2) is 76.3 Å². The minimum Gasteiger partial charge on any atom is -0.379 e. The van der Waals surface area contributed by atoms with E-state index in [4.69, 9.17) is 4.74 Å². The summed E-state index contributed by atoms with van der Waals surface area (Å²) in [5.41, 5.74) is -0.0412. The molecule has 0 aromatic rings. The third-order valence-electron chi connectivity index (χ3n) is 5.82. The lowest BCUT2D eigenvalue weighted by Crippen LogP contribution is -2.51. The molecule has 0 spiro atoms. The molecule has 7 heteroatoms. The zero-order valence-electron chi connectivity index (χ0n) is 18.4. The molecule has 1 aliphatic carbocycles. The van der Waals surface area contributed by atoms with E-state index < -0.39 is 0 Å². The van der Waals surface area contributed by atoms with Crippen molar-refractivity contribution in [3.8, 4) is 0 Å². The summed E-state index contributed by atoms with van der Waals surface area (Å²) in [4.78, 5) is 18.9. The van der Waals surface area contributed by atoms with Crippen molar-refractivity contribution < 1.29 is 9.53 Å². The number of nitrogens with zero attached hydrogens (tertiary/aromatic N) is 2. The van der Waals surface area contributed by atoms with Gasteiger partial charge in [-0.15, -0.1) is 0 Å². The van der Waals surface area contributed by atoms with Gasteiger partial charge in [-0.25, -0.2) is 0 Å². The third-order valence-corrected chi connectivity index (χ3v) is 5.82. The first kappa shape index (κ1) is 22.9. The highest BCUT2D eigenvalue weighted by molar-refractivity contribution is 5.81. The molecule has 1 amide bonds. The number of amides is 1. The van der Waals surface area contributed by atoms with Crippen molar-refractivity contribution >= 4 is 11.9 Å². The molecule has 0 aromatic carbocycles. The summed E-state index contributed by atoms with van der Waals surface area (Å²) >= 11 is 0. The van der Waals surface area contributed by atoms with E-state index in [1.165, 1.54) is 32.1 Å². The molecule has 2 aliphatic rings. The summed E-state index contributed by atoms with van der Waals surface area (Å²) in [6, 6.07) is 0. The van der Waals surface area contributed by atoms with E-state index in [1.54, 1.807) is 7.05 Å². The Morgan fingerprint density at radius 2 is 1.68 bits per heavy atom. The van der Waals surface area contributed by atoms with Crippen molar-refractivity contribution in [3.63, 3.8) is 0 Å². The monoisotopic (exact) mass is 395 g/mol. The van der Waals surface area contributed by atoms with Crippen molar-refractivity contribution in [2.45, 2.75) is 52.9 Å². The average Bonchev–Trinajstić information content (AvgIpc) is 2.68. The van der Waals surface area contributed by atoms with Gasteiger partial charge in [0.25, 0.3) is 0 Å². The number of nitrogens with one attached hydrogen (secondary N) is 3. The number of ether oxygens (including phenoxy) is 1. The van der Waals surface area contributed by atoms with Crippen LogP contribution in [0.3, 0.4) is 0 Å². The first-order valence-electron chi connectivity index (χ1n) is 10.9. The van der Waals surface area contributed by atoms with Crippen LogP contribution in [0.2, 0.25) is 0 Å². The van der Waals surface area contributed by atoms with Crippen LogP contribution in [0.5, 0.6) is 0 Å². The van der Waals surface area contributed by atoms with E-state index in [0.29, 0.717) is 18.5 Å². The lowest BCUT2D eigenvalue weighted by atomic mass is 9.73. The van der Waals surface area contributed by atoms with E-state index in [1.807, 2.05) is 20.8 Å². The van der Waals surface area contributed by atoms with E-state index in [9.17, 15) is 4.79 Å². The third kappa shape index (κ3) is 7.59. The minimum absolute atomic E-state index is 0.0731. The lowest BCUT2D eigenvalue weighted by molar-refractivity contribution is -0.128. The summed E-state index contributed by atoms with van der Waals surface area (Å²) in [6.07, 6.45) is 6.53. The van der Waals surface area contributed by atoms with Gasteiger partial charge in [0.05, 0.1) is 13.2 Å². The molecule has 0 unspecified atom stereocenters. The standard InChI is InChI=1S/C21H41N5O2/c1-20(2,3)18(27)23-10-11-24-19(22-4)25-16-21(8-6-5-7-9-21)17-26-12-14-28-15-13-26/h5-17H2,1-4H3,(H,23,27)(H2,22,24,25). The van der Waals surface area contributed by atoms with Gasteiger partial charge in [0.15, 0.2) is 5.96 Å². The van der Waals surface area contributed by atoms with Crippen molar-refractivity contribution in [2.24, 2.45) is 15.8 Å². The number of carbonyl (C=O) groups is 1. The Bertz CT molecular complexity index is 503. The fourth-order valence-corrected chi connectivity index (χ4v) is 4.04. The second kappa shape index (κ2) is 11.0. The molecule has 0 radical (unpaired) electrons. The Morgan fingerprint density at radius 3 is 2.29 bits per heavy atom. The van der Waals surface area contributed by atoms with Crippen LogP contribution in [0.1, 0.15) is 52.9 Å². The van der Waals surface area contributed by atoms with Gasteiger partial charge in [0, 0.05) is 57.1 Å². The first-order chi connectivity index (χ1) is 13.3. The number of aliphatic imine (C=N–C) groups is 1. The highest BCUT2D eigenvalue weighted by Gasteiger charge is 2.34. The zero-order chi connectivity index (χ0) is 20.5. The molecule has 1 saturated heterocycles. The largest absolute Gasteiger partial charge is 0.379 e. The van der Waals surface area contributed by atoms with Gasteiger partial charge in [-0.2, -0.15) is 0 Å². The summed E-state index contributed by atoms with van der Waals surface area (Å²) in [5, 5.41) is 9.85. The van der Waals surface area contributed by atoms with Crippen LogP contribution in [0.25, 0.3) is 0 Å². The topological polar surface area (TPSA) is 78.0 Å². The van der Waals surface area contributed by atoms with Crippen LogP contribution in [0.15, 0.2) is 4.99 Å². The predicted molar refractivity (Wildman–Crippen MR) is 115 cm³/mol. The summed E-state index contributed by atoms with van der Waals surface area (Å²) < 4.78 is 5.51. The summed E-state index contributed by atoms with van der Waals surface area (Å²) in [5.74, 6) is 0.890. The fourth-order valence-electron chi connectivity index (χ4n) is 4.04. The molecule has 3 N–H and O–H groups in total. The van der Waals surface area contributed by atoms with Gasteiger partial charge < -0.3 is 20.7 Å². The maximum Gasteiger partial charge on any atom is 0.225 e. The number of morpholine rings is 1. The minimum atomic E-state index is -0.354. The van der Waals surface area contributed by atoms with Gasteiger partial charge in [0.2, 0.25) is 5.91 Å². The first-order valence-corrected chi connectivity index (χ1v) is 10.9. The van der Waals surface area contributed by atoms with E-state index in [0.717, 1.165) is 45.4 Å². The van der Waals surface area contributed by atoms with Crippen molar-refractivity contribution in [3.05, 3.63) is 0 Å². The second-order valence-electron chi connectivity index (χ2n) is 9.31. The lowest BCUT2D eigenvalue weighted by Gasteiger charge is -2.42. The van der Waals surface area contributed by atoms with Gasteiger partial charge >= 0.3 is 0 Å². The normalized spacial score (nSPS) is 21.2. The van der Waals surface area contributed by atoms with Crippen molar-refractivity contribution in [2.75, 3.05) is 59.5 Å². The van der Waals surface area contributed by atoms with E-state index >= 15 is 0 Å². The van der Waals surface area contributed by atoms with Gasteiger partial charge in [-0.05, 0) is 12.8 Å². The summed E-state index contributed by atoms with van der Waals surface area (Å²) in [6.45, 7) is 12.9. The molecular formula is C21H41N5O2. The molecule has 2 fully saturated rings. The molecule has 0 atom stereocenters. The molecule has 162 valence electrons. The Labute approximate surface area is 171 Å². The molecule has 7 nitrogen and oxygen atoms in total. The van der Waals surface area contributed by atoms with E-state index in [-0.39, 0.29) is 11.3 Å². The highest BCUT2D eigenvalue weighted by atomic mass is 16.5. The Morgan fingerprint density at radius 1 is 1.04 bits per heavy atom. The number of guanidine groups is 1. The Kier molecular flexibility index (Phi) is 9.02. The smallest absolute Gasteiger partial charge is 0.225 e. The Hall–Kier alpha value is -1.34. The second-order valence-corrected chi connectivity index (χ2v) is 9.31. The highest BCUT2D eigenvalue weighted by Crippen LogP contribution is 2.36. The molecule has 0 aromatic heterocycles. The van der Waals surface area contributed by atoms with Crippen LogP contribution in [0.4, 0.5) is 0 Å². The predicted octanol–water partition coefficient (Wildman–Crippen LogP) is 1.60. The maximum absolute atomic E-state index is 11.9. The molecule has 28 heavy (non-hydrogen) atoms. The molecule has 0 bridgehead atoms.